The lowest BCUT2D eigenvalue weighted by Crippen LogP contribution is -2.53. The SMILES string of the molecule is CS(=O)(=O)CCC(NC(=O)NC1CCCCC1O)C(=O)O. The molecule has 0 aromatic rings. The van der Waals surface area contributed by atoms with E-state index in [0.717, 1.165) is 19.1 Å². The number of aliphatic hydroxyl groups is 1. The van der Waals surface area contributed by atoms with Gasteiger partial charge in [0.15, 0.2) is 0 Å². The number of urea groups is 1. The van der Waals surface area contributed by atoms with Crippen molar-refractivity contribution >= 4 is 21.8 Å². The number of carbonyl (C=O) groups excluding carboxylic acids is 1. The fourth-order valence-corrected chi connectivity index (χ4v) is 2.90. The Balaban J connectivity index is 2.50. The first-order valence-corrected chi connectivity index (χ1v) is 8.90. The van der Waals surface area contributed by atoms with Crippen LogP contribution < -0.4 is 10.6 Å². The van der Waals surface area contributed by atoms with Gasteiger partial charge in [0.25, 0.3) is 0 Å². The van der Waals surface area contributed by atoms with E-state index in [2.05, 4.69) is 10.6 Å². The van der Waals surface area contributed by atoms with E-state index < -0.39 is 40.0 Å². The largest absolute Gasteiger partial charge is 0.480 e. The molecule has 21 heavy (non-hydrogen) atoms. The first kappa shape index (κ1) is 17.7. The first-order chi connectivity index (χ1) is 9.69. The zero-order valence-electron chi connectivity index (χ0n) is 11.9. The van der Waals surface area contributed by atoms with Crippen LogP contribution in [0.2, 0.25) is 0 Å². The number of carboxylic acid groups (broad SMARTS) is 1. The summed E-state index contributed by atoms with van der Waals surface area (Å²) in [4.78, 5) is 22.8. The van der Waals surface area contributed by atoms with Gasteiger partial charge in [0.2, 0.25) is 0 Å². The van der Waals surface area contributed by atoms with E-state index in [4.69, 9.17) is 5.11 Å². The van der Waals surface area contributed by atoms with Crippen LogP contribution in [-0.4, -0.2) is 60.8 Å². The van der Waals surface area contributed by atoms with E-state index in [1.807, 2.05) is 0 Å². The molecular weight excluding hydrogens is 300 g/mol. The number of hydrogen-bond acceptors (Lipinski definition) is 5. The lowest BCUT2D eigenvalue weighted by Gasteiger charge is -2.28. The van der Waals surface area contributed by atoms with Crippen LogP contribution in [0.1, 0.15) is 32.1 Å². The summed E-state index contributed by atoms with van der Waals surface area (Å²) in [5.74, 6) is -1.62. The molecular formula is C12H22N2O6S. The fraction of sp³-hybridized carbons (Fsp3) is 0.833. The Labute approximate surface area is 123 Å². The maximum absolute atomic E-state index is 11.8. The number of nitrogens with one attached hydrogen (secondary N) is 2. The summed E-state index contributed by atoms with van der Waals surface area (Å²) >= 11 is 0. The van der Waals surface area contributed by atoms with E-state index in [-0.39, 0.29) is 12.2 Å². The highest BCUT2D eigenvalue weighted by molar-refractivity contribution is 7.90. The third kappa shape index (κ3) is 6.76. The Kier molecular flexibility index (Phi) is 6.41. The van der Waals surface area contributed by atoms with Crippen LogP contribution >= 0.6 is 0 Å². The minimum Gasteiger partial charge on any atom is -0.480 e. The van der Waals surface area contributed by atoms with Crippen molar-refractivity contribution < 1.29 is 28.2 Å². The zero-order valence-corrected chi connectivity index (χ0v) is 12.7. The lowest BCUT2D eigenvalue weighted by atomic mass is 9.93. The Morgan fingerprint density at radius 2 is 1.90 bits per heavy atom. The summed E-state index contributed by atoms with van der Waals surface area (Å²) in [6, 6.07) is -2.38. The number of hydrogen-bond donors (Lipinski definition) is 4. The summed E-state index contributed by atoms with van der Waals surface area (Å²) in [6.07, 6.45) is 3.19. The van der Waals surface area contributed by atoms with E-state index in [0.29, 0.717) is 12.8 Å². The van der Waals surface area contributed by atoms with Gasteiger partial charge in [-0.05, 0) is 19.3 Å². The van der Waals surface area contributed by atoms with Gasteiger partial charge >= 0.3 is 12.0 Å². The van der Waals surface area contributed by atoms with Crippen LogP contribution in [0.3, 0.4) is 0 Å². The summed E-state index contributed by atoms with van der Waals surface area (Å²) in [7, 11) is -3.30. The minimum absolute atomic E-state index is 0.200. The van der Waals surface area contributed by atoms with Gasteiger partial charge in [0, 0.05) is 6.26 Å². The van der Waals surface area contributed by atoms with Crippen molar-refractivity contribution in [1.29, 1.82) is 0 Å². The average Bonchev–Trinajstić information content (AvgIpc) is 2.36. The molecule has 122 valence electrons. The molecule has 0 aromatic carbocycles. The topological polar surface area (TPSA) is 133 Å². The monoisotopic (exact) mass is 322 g/mol. The molecule has 0 aromatic heterocycles. The number of carboxylic acids is 1. The van der Waals surface area contributed by atoms with Gasteiger partial charge in [-0.25, -0.2) is 18.0 Å². The van der Waals surface area contributed by atoms with Crippen LogP contribution in [0, 0.1) is 0 Å². The number of carbonyl (C=O) groups is 2. The Morgan fingerprint density at radius 3 is 2.43 bits per heavy atom. The molecule has 0 bridgehead atoms. The lowest BCUT2D eigenvalue weighted by molar-refractivity contribution is -0.139. The molecule has 1 fully saturated rings. The predicted octanol–water partition coefficient (Wildman–Crippen LogP) is -0.523. The molecule has 4 N–H and O–H groups in total. The highest BCUT2D eigenvalue weighted by Gasteiger charge is 2.27. The molecule has 2 amide bonds. The molecule has 3 atom stereocenters. The maximum atomic E-state index is 11.8. The normalized spacial score (nSPS) is 24.1. The third-order valence-corrected chi connectivity index (χ3v) is 4.40. The van der Waals surface area contributed by atoms with Crippen LogP contribution in [0.15, 0.2) is 0 Å². The van der Waals surface area contributed by atoms with Crippen LogP contribution in [-0.2, 0) is 14.6 Å². The van der Waals surface area contributed by atoms with Crippen molar-refractivity contribution in [1.82, 2.24) is 10.6 Å². The van der Waals surface area contributed by atoms with Crippen LogP contribution in [0.4, 0.5) is 4.79 Å². The average molecular weight is 322 g/mol. The number of sulfone groups is 1. The second-order valence-corrected chi connectivity index (χ2v) is 7.65. The maximum Gasteiger partial charge on any atom is 0.326 e. The Bertz CT molecular complexity index is 478. The van der Waals surface area contributed by atoms with Gasteiger partial charge in [-0.15, -0.1) is 0 Å². The molecule has 1 rings (SSSR count). The molecule has 0 heterocycles. The highest BCUT2D eigenvalue weighted by Crippen LogP contribution is 2.18. The van der Waals surface area contributed by atoms with Crippen molar-refractivity contribution in [3.05, 3.63) is 0 Å². The second kappa shape index (κ2) is 7.60. The molecule has 0 aliphatic heterocycles. The van der Waals surface area contributed by atoms with Gasteiger partial charge in [0.05, 0.1) is 17.9 Å². The van der Waals surface area contributed by atoms with Crippen LogP contribution in [0.25, 0.3) is 0 Å². The highest BCUT2D eigenvalue weighted by atomic mass is 32.2. The van der Waals surface area contributed by atoms with Crippen molar-refractivity contribution in [3.63, 3.8) is 0 Å². The zero-order chi connectivity index (χ0) is 16.0. The van der Waals surface area contributed by atoms with E-state index in [1.54, 1.807) is 0 Å². The van der Waals surface area contributed by atoms with Crippen molar-refractivity contribution in [2.45, 2.75) is 50.3 Å². The number of rotatable bonds is 6. The predicted molar refractivity (Wildman–Crippen MR) is 75.7 cm³/mol. The van der Waals surface area contributed by atoms with Gasteiger partial charge in [-0.1, -0.05) is 12.8 Å². The van der Waals surface area contributed by atoms with E-state index in [1.165, 1.54) is 0 Å². The van der Waals surface area contributed by atoms with Gasteiger partial charge in [-0.2, -0.15) is 0 Å². The quantitative estimate of drug-likeness (QED) is 0.520. The molecule has 0 radical (unpaired) electrons. The van der Waals surface area contributed by atoms with Crippen molar-refractivity contribution in [2.24, 2.45) is 0 Å². The molecule has 1 aliphatic carbocycles. The number of aliphatic carboxylic acids is 1. The second-order valence-electron chi connectivity index (χ2n) is 5.39. The molecule has 1 saturated carbocycles. The van der Waals surface area contributed by atoms with Crippen molar-refractivity contribution in [3.8, 4) is 0 Å². The standard InChI is InChI=1S/C12H22N2O6S/c1-21(19,20)7-6-9(11(16)17)14-12(18)13-8-4-2-3-5-10(8)15/h8-10,15H,2-7H2,1H3,(H,16,17)(H2,13,14,18). The smallest absolute Gasteiger partial charge is 0.326 e. The summed E-state index contributed by atoms with van der Waals surface area (Å²) < 4.78 is 22.1. The summed E-state index contributed by atoms with van der Waals surface area (Å²) in [5, 5.41) is 23.5. The molecule has 3 unspecified atom stereocenters. The molecule has 0 saturated heterocycles. The fourth-order valence-electron chi connectivity index (χ4n) is 2.24. The van der Waals surface area contributed by atoms with Gasteiger partial charge in [-0.3, -0.25) is 0 Å². The van der Waals surface area contributed by atoms with Crippen molar-refractivity contribution in [2.75, 3.05) is 12.0 Å². The van der Waals surface area contributed by atoms with Gasteiger partial charge < -0.3 is 20.8 Å². The number of aliphatic hydroxyl groups excluding tert-OH is 1. The van der Waals surface area contributed by atoms with E-state index in [9.17, 15) is 23.1 Å². The van der Waals surface area contributed by atoms with Gasteiger partial charge in [0.1, 0.15) is 15.9 Å². The summed E-state index contributed by atoms with van der Waals surface area (Å²) in [6.45, 7) is 0. The Hall–Kier alpha value is -1.35. The third-order valence-electron chi connectivity index (χ3n) is 3.43. The summed E-state index contributed by atoms with van der Waals surface area (Å²) in [5.41, 5.74) is 0. The van der Waals surface area contributed by atoms with E-state index >= 15 is 0 Å². The molecule has 1 aliphatic rings. The Morgan fingerprint density at radius 1 is 1.29 bits per heavy atom. The molecule has 0 spiro atoms. The molecule has 8 nitrogen and oxygen atoms in total. The van der Waals surface area contributed by atoms with Crippen LogP contribution in [0.5, 0.6) is 0 Å². The first-order valence-electron chi connectivity index (χ1n) is 6.84. The number of amides is 2. The minimum atomic E-state index is -3.30. The molecule has 9 heteroatoms.